The zero-order valence-electron chi connectivity index (χ0n) is 25.8. The van der Waals surface area contributed by atoms with Gasteiger partial charge in [0.25, 0.3) is 0 Å². The Morgan fingerprint density at radius 1 is 0.265 bits per heavy atom. The maximum absolute atomic E-state index is 9.75. The molecule has 0 saturated heterocycles. The van der Waals surface area contributed by atoms with Crippen molar-refractivity contribution in [3.8, 4) is 0 Å². The average Bonchev–Trinajstić information content (AvgIpc) is 3.10. The van der Waals surface area contributed by atoms with E-state index in [9.17, 15) is 34.5 Å². The summed E-state index contributed by atoms with van der Waals surface area (Å²) < 4.78 is 78.0. The molecule has 0 nitrogen and oxygen atoms in total. The number of benzene rings is 6. The van der Waals surface area contributed by atoms with E-state index in [0.717, 1.165) is 0 Å². The summed E-state index contributed by atoms with van der Waals surface area (Å²) in [5.74, 6) is 0. The molecule has 0 N–H and O–H groups in total. The maximum atomic E-state index is 9.75. The zero-order chi connectivity index (χ0) is 35.4. The quantitative estimate of drug-likeness (QED) is 0.0820. The van der Waals surface area contributed by atoms with Gasteiger partial charge in [-0.2, -0.15) is 0 Å². The number of hydrogen-bond donors (Lipinski definition) is 0. The molecule has 0 aliphatic rings. The molecule has 6 aromatic carbocycles. The molecule has 49 heavy (non-hydrogen) atoms. The van der Waals surface area contributed by atoms with Crippen LogP contribution in [0.1, 0.15) is 0 Å². The van der Waals surface area contributed by atoms with E-state index in [1.807, 2.05) is 0 Å². The molecule has 0 amide bonds. The Labute approximate surface area is 289 Å². The molecule has 0 aliphatic heterocycles. The Hall–Kier alpha value is -3.59. The second-order valence-corrected chi connectivity index (χ2v) is 27.5. The molecule has 0 fully saturated rings. The fourth-order valence-electron chi connectivity index (χ4n) is 5.40. The standard InChI is InChI=1S/2C18H15P.2BF4.Pd/c2*1-4-10-16(11-5-1)19(17-12-6-2-7-13-17)18-14-8-3-9-15-18;2*2-1(3,4)5;/h2*1-15H;;;/q;;2*-1;/p+2. The van der Waals surface area contributed by atoms with E-state index >= 15 is 0 Å². The monoisotopic (exact) mass is 806 g/mol. The minimum atomic E-state index is -6.00. The third-order valence-electron chi connectivity index (χ3n) is 7.16. The SMILES string of the molecule is F[B-](F)(F)F.F[B-](F)(F)F.c1ccc([PH]([Pd+2][PH](c2ccccc2)(c2ccccc2)c2ccccc2)(c2ccccc2)c2ccccc2)cc1. The van der Waals surface area contributed by atoms with E-state index in [1.165, 1.54) is 31.8 Å². The van der Waals surface area contributed by atoms with E-state index < -0.39 is 25.4 Å². The van der Waals surface area contributed by atoms with Crippen molar-refractivity contribution in [3.63, 3.8) is 0 Å². The second-order valence-electron chi connectivity index (χ2n) is 10.5. The first kappa shape index (κ1) is 38.2. The van der Waals surface area contributed by atoms with E-state index in [-0.39, 0.29) is 0 Å². The fraction of sp³-hybridized carbons (Fsp3) is 0. The van der Waals surface area contributed by atoms with Crippen LogP contribution in [-0.2, 0) is 17.0 Å². The van der Waals surface area contributed by atoms with Gasteiger partial charge in [0.05, 0.1) is 0 Å². The van der Waals surface area contributed by atoms with Crippen molar-refractivity contribution in [2.24, 2.45) is 0 Å². The Bertz CT molecular complexity index is 1480. The van der Waals surface area contributed by atoms with Crippen LogP contribution in [0.5, 0.6) is 0 Å². The molecule has 0 aliphatic carbocycles. The molecule has 0 aromatic heterocycles. The molecular formula is C36H32B2F8P2Pd. The molecule has 0 saturated carbocycles. The van der Waals surface area contributed by atoms with Gasteiger partial charge >= 0.3 is 256 Å². The van der Waals surface area contributed by atoms with Crippen molar-refractivity contribution < 1.29 is 51.5 Å². The molecule has 6 rings (SSSR count). The van der Waals surface area contributed by atoms with Crippen molar-refractivity contribution in [1.29, 1.82) is 0 Å². The van der Waals surface area contributed by atoms with Crippen LogP contribution in [0, 0.1) is 0 Å². The first-order valence-corrected chi connectivity index (χ1v) is 23.3. The summed E-state index contributed by atoms with van der Waals surface area (Å²) in [5, 5.41) is 8.89. The summed E-state index contributed by atoms with van der Waals surface area (Å²) in [6, 6.07) is 68.4. The van der Waals surface area contributed by atoms with Gasteiger partial charge in [0.1, 0.15) is 0 Å². The molecule has 6 aromatic rings. The zero-order valence-corrected chi connectivity index (χ0v) is 29.4. The molecule has 0 heterocycles. The van der Waals surface area contributed by atoms with Gasteiger partial charge in [0.15, 0.2) is 0 Å². The fourth-order valence-corrected chi connectivity index (χ4v) is 39.4. The van der Waals surface area contributed by atoms with Gasteiger partial charge in [-0.15, -0.1) is 0 Å². The van der Waals surface area contributed by atoms with Gasteiger partial charge in [-0.05, 0) is 0 Å². The molecule has 0 unspecified atom stereocenters. The van der Waals surface area contributed by atoms with Gasteiger partial charge < -0.3 is 34.5 Å². The van der Waals surface area contributed by atoms with Crippen LogP contribution in [0.3, 0.4) is 0 Å². The predicted molar refractivity (Wildman–Crippen MR) is 193 cm³/mol. The third kappa shape index (κ3) is 10.7. The summed E-state index contributed by atoms with van der Waals surface area (Å²) in [7, 11) is -12.0. The molecule has 258 valence electrons. The van der Waals surface area contributed by atoms with Crippen molar-refractivity contribution in [1.82, 2.24) is 0 Å². The molecule has 0 atom stereocenters. The third-order valence-corrected chi connectivity index (χ3v) is 34.2. The van der Waals surface area contributed by atoms with Gasteiger partial charge in [-0.3, -0.25) is 0 Å². The first-order valence-electron chi connectivity index (χ1n) is 15.0. The Balaban J connectivity index is 0.000000477. The molecule has 0 spiro atoms. The summed E-state index contributed by atoms with van der Waals surface area (Å²) in [6.45, 7) is 0. The van der Waals surface area contributed by atoms with Crippen LogP contribution in [0.4, 0.5) is 34.5 Å². The summed E-state index contributed by atoms with van der Waals surface area (Å²) in [6.07, 6.45) is 0. The number of hydrogen-bond acceptors (Lipinski definition) is 0. The van der Waals surface area contributed by atoms with Crippen LogP contribution >= 0.6 is 10.9 Å². The van der Waals surface area contributed by atoms with E-state index in [2.05, 4.69) is 182 Å². The van der Waals surface area contributed by atoms with Crippen molar-refractivity contribution >= 4 is 57.2 Å². The van der Waals surface area contributed by atoms with Crippen LogP contribution in [0.2, 0.25) is 0 Å². The molecular weight excluding hydrogens is 774 g/mol. The van der Waals surface area contributed by atoms with E-state index in [4.69, 9.17) is 0 Å². The Kier molecular flexibility index (Phi) is 13.5. The minimum absolute atomic E-state index is 0.381. The second kappa shape index (κ2) is 17.4. The first-order chi connectivity index (χ1) is 23.3. The van der Waals surface area contributed by atoms with E-state index in [0.29, 0.717) is 17.0 Å². The van der Waals surface area contributed by atoms with Gasteiger partial charge in [0, 0.05) is 0 Å². The molecule has 0 bridgehead atoms. The van der Waals surface area contributed by atoms with Gasteiger partial charge in [-0.1, -0.05) is 0 Å². The van der Waals surface area contributed by atoms with Crippen molar-refractivity contribution in [2.45, 2.75) is 0 Å². The average molecular weight is 807 g/mol. The molecule has 0 radical (unpaired) electrons. The van der Waals surface area contributed by atoms with E-state index in [1.54, 1.807) is 0 Å². The van der Waals surface area contributed by atoms with Crippen molar-refractivity contribution in [3.05, 3.63) is 182 Å². The number of rotatable bonds is 8. The van der Waals surface area contributed by atoms with Crippen LogP contribution < -0.4 is 31.8 Å². The van der Waals surface area contributed by atoms with Crippen LogP contribution in [0.15, 0.2) is 182 Å². The summed E-state index contributed by atoms with van der Waals surface area (Å²) >= 11 is 0.381. The summed E-state index contributed by atoms with van der Waals surface area (Å²) in [5.41, 5.74) is -4.99. The van der Waals surface area contributed by atoms with Crippen LogP contribution in [-0.4, -0.2) is 14.5 Å². The van der Waals surface area contributed by atoms with Gasteiger partial charge in [-0.25, -0.2) is 0 Å². The van der Waals surface area contributed by atoms with Crippen LogP contribution in [0.25, 0.3) is 0 Å². The summed E-state index contributed by atoms with van der Waals surface area (Å²) in [4.78, 5) is 0. The number of halogens is 8. The van der Waals surface area contributed by atoms with Gasteiger partial charge in [0.2, 0.25) is 0 Å². The Morgan fingerprint density at radius 2 is 0.388 bits per heavy atom. The van der Waals surface area contributed by atoms with Crippen molar-refractivity contribution in [2.75, 3.05) is 0 Å². The molecule has 13 heteroatoms. The Morgan fingerprint density at radius 3 is 0.510 bits per heavy atom. The predicted octanol–water partition coefficient (Wildman–Crippen LogP) is 8.95. The topological polar surface area (TPSA) is 0 Å². The normalized spacial score (nSPS) is 12.5.